The van der Waals surface area contributed by atoms with Gasteiger partial charge >= 0.3 is 5.97 Å². The molecule has 1 N–H and O–H groups in total. The Morgan fingerprint density at radius 1 is 1.10 bits per heavy atom. The average molecular weight is 403 g/mol. The second-order valence-electron chi connectivity index (χ2n) is 7.64. The summed E-state index contributed by atoms with van der Waals surface area (Å²) in [6.07, 6.45) is 0.896. The number of hydrogen-bond acceptors (Lipinski definition) is 5. The molecule has 7 nitrogen and oxygen atoms in total. The Hall–Kier alpha value is -3.45. The topological polar surface area (TPSA) is 82.7 Å². The number of H-pyrrole nitrogens is 1. The number of para-hydroxylation sites is 2. The predicted octanol–water partition coefficient (Wildman–Crippen LogP) is 2.64. The molecule has 0 aliphatic carbocycles. The van der Waals surface area contributed by atoms with E-state index in [0.717, 1.165) is 22.2 Å². The number of hydrogen-bond donors (Lipinski definition) is 1. The Labute approximate surface area is 173 Å². The maximum Gasteiger partial charge on any atom is 0.339 e. The van der Waals surface area contributed by atoms with E-state index in [2.05, 4.69) is 16.0 Å². The average Bonchev–Trinajstić information content (AvgIpc) is 3.29. The van der Waals surface area contributed by atoms with Crippen LogP contribution in [-0.4, -0.2) is 47.4 Å². The van der Waals surface area contributed by atoms with Crippen molar-refractivity contribution in [3.05, 3.63) is 65.4 Å². The SMILES string of the molecule is COC(=O)c1ccccc1N1C(=O)CC(N2CCc3[nH]c4ccccc4c3C2)C1=O. The summed E-state index contributed by atoms with van der Waals surface area (Å²) in [6, 6.07) is 14.2. The molecule has 0 bridgehead atoms. The van der Waals surface area contributed by atoms with E-state index < -0.39 is 12.0 Å². The number of amides is 2. The minimum atomic E-state index is -0.573. The van der Waals surface area contributed by atoms with Gasteiger partial charge in [-0.25, -0.2) is 9.69 Å². The molecule has 1 saturated heterocycles. The summed E-state index contributed by atoms with van der Waals surface area (Å²) in [4.78, 5) is 44.9. The number of anilines is 1. The Bertz CT molecular complexity index is 1180. The van der Waals surface area contributed by atoms with E-state index in [1.54, 1.807) is 24.3 Å². The highest BCUT2D eigenvalue weighted by Gasteiger charge is 2.44. The monoisotopic (exact) mass is 403 g/mol. The lowest BCUT2D eigenvalue weighted by Gasteiger charge is -2.31. The molecule has 0 radical (unpaired) electrons. The Kier molecular flexibility index (Phi) is 4.40. The number of aromatic amines is 1. The largest absolute Gasteiger partial charge is 0.465 e. The van der Waals surface area contributed by atoms with Crippen molar-refractivity contribution in [2.45, 2.75) is 25.4 Å². The molecule has 1 atom stereocenters. The Morgan fingerprint density at radius 2 is 1.87 bits per heavy atom. The van der Waals surface area contributed by atoms with Crippen LogP contribution in [0.4, 0.5) is 5.69 Å². The van der Waals surface area contributed by atoms with Gasteiger partial charge < -0.3 is 9.72 Å². The molecule has 152 valence electrons. The first-order chi connectivity index (χ1) is 14.6. The highest BCUT2D eigenvalue weighted by atomic mass is 16.5. The third-order valence-corrected chi connectivity index (χ3v) is 6.03. The third-order valence-electron chi connectivity index (χ3n) is 6.03. The standard InChI is InChI=1S/C23H21N3O4/c1-30-23(29)15-7-3-5-9-19(15)26-21(27)12-20(22(26)28)25-11-10-18-16(13-25)14-6-2-4-8-17(14)24-18/h2-9,20,24H,10-13H2,1H3. The van der Waals surface area contributed by atoms with Crippen LogP contribution in [0, 0.1) is 0 Å². The van der Waals surface area contributed by atoms with Crippen molar-refractivity contribution in [1.29, 1.82) is 0 Å². The Morgan fingerprint density at radius 3 is 2.70 bits per heavy atom. The highest BCUT2D eigenvalue weighted by molar-refractivity contribution is 6.24. The van der Waals surface area contributed by atoms with E-state index in [1.165, 1.54) is 18.4 Å². The zero-order valence-corrected chi connectivity index (χ0v) is 16.6. The van der Waals surface area contributed by atoms with Gasteiger partial charge in [0.15, 0.2) is 0 Å². The van der Waals surface area contributed by atoms with E-state index in [1.807, 2.05) is 18.2 Å². The van der Waals surface area contributed by atoms with Crippen molar-refractivity contribution in [3.63, 3.8) is 0 Å². The molecule has 1 unspecified atom stereocenters. The van der Waals surface area contributed by atoms with Gasteiger partial charge in [0.25, 0.3) is 5.91 Å². The minimum Gasteiger partial charge on any atom is -0.465 e. The normalized spacial score (nSPS) is 19.4. The summed E-state index contributed by atoms with van der Waals surface area (Å²) >= 11 is 0. The number of esters is 1. The fourth-order valence-corrected chi connectivity index (χ4v) is 4.56. The molecule has 7 heteroatoms. The molecule has 2 amide bonds. The summed E-state index contributed by atoms with van der Waals surface area (Å²) in [5, 5.41) is 1.15. The van der Waals surface area contributed by atoms with E-state index >= 15 is 0 Å². The van der Waals surface area contributed by atoms with Gasteiger partial charge in [-0.3, -0.25) is 14.5 Å². The van der Waals surface area contributed by atoms with Gasteiger partial charge in [-0.2, -0.15) is 0 Å². The zero-order chi connectivity index (χ0) is 20.8. The number of carbonyl (C=O) groups excluding carboxylic acids is 3. The smallest absolute Gasteiger partial charge is 0.339 e. The molecule has 1 aromatic heterocycles. The zero-order valence-electron chi connectivity index (χ0n) is 16.6. The number of methoxy groups -OCH3 is 1. The lowest BCUT2D eigenvalue weighted by molar-refractivity contribution is -0.123. The van der Waals surface area contributed by atoms with Gasteiger partial charge in [-0.15, -0.1) is 0 Å². The van der Waals surface area contributed by atoms with Gasteiger partial charge in [-0.1, -0.05) is 30.3 Å². The molecule has 30 heavy (non-hydrogen) atoms. The van der Waals surface area contributed by atoms with Crippen LogP contribution in [0.2, 0.25) is 0 Å². The van der Waals surface area contributed by atoms with Crippen LogP contribution in [0.1, 0.15) is 28.0 Å². The molecular weight excluding hydrogens is 382 g/mol. The third kappa shape index (κ3) is 2.81. The molecule has 2 aliphatic rings. The van der Waals surface area contributed by atoms with Crippen LogP contribution in [0.25, 0.3) is 10.9 Å². The quantitative estimate of drug-likeness (QED) is 0.537. The summed E-state index contributed by atoms with van der Waals surface area (Å²) in [5.74, 6) is -1.17. The van der Waals surface area contributed by atoms with Crippen molar-refractivity contribution in [2.75, 3.05) is 18.6 Å². The summed E-state index contributed by atoms with van der Waals surface area (Å²) in [6.45, 7) is 1.30. The molecule has 3 aromatic rings. The van der Waals surface area contributed by atoms with E-state index in [4.69, 9.17) is 4.74 Å². The maximum absolute atomic E-state index is 13.3. The second kappa shape index (κ2) is 7.11. The molecule has 2 aromatic carbocycles. The van der Waals surface area contributed by atoms with Gasteiger partial charge in [0, 0.05) is 36.1 Å². The van der Waals surface area contributed by atoms with E-state index in [-0.39, 0.29) is 29.5 Å². The lowest BCUT2D eigenvalue weighted by atomic mass is 10.0. The van der Waals surface area contributed by atoms with E-state index in [0.29, 0.717) is 13.1 Å². The summed E-state index contributed by atoms with van der Waals surface area (Å²) in [5.41, 5.74) is 3.96. The van der Waals surface area contributed by atoms with Gasteiger partial charge in [-0.05, 0) is 23.8 Å². The van der Waals surface area contributed by atoms with Crippen LogP contribution >= 0.6 is 0 Å². The second-order valence-corrected chi connectivity index (χ2v) is 7.64. The summed E-state index contributed by atoms with van der Waals surface area (Å²) < 4.78 is 4.82. The first-order valence-electron chi connectivity index (χ1n) is 9.95. The Balaban J connectivity index is 1.45. The van der Waals surface area contributed by atoms with Crippen LogP contribution in [-0.2, 0) is 27.3 Å². The van der Waals surface area contributed by atoms with Crippen LogP contribution < -0.4 is 4.90 Å². The first kappa shape index (κ1) is 18.6. The number of nitrogens with zero attached hydrogens (tertiary/aromatic N) is 2. The number of aromatic nitrogens is 1. The maximum atomic E-state index is 13.3. The van der Waals surface area contributed by atoms with Crippen molar-refractivity contribution in [3.8, 4) is 0 Å². The van der Waals surface area contributed by atoms with Crippen molar-refractivity contribution in [1.82, 2.24) is 9.88 Å². The fraction of sp³-hybridized carbons (Fsp3) is 0.261. The number of carbonyl (C=O) groups is 3. The van der Waals surface area contributed by atoms with Crippen LogP contribution in [0.3, 0.4) is 0 Å². The van der Waals surface area contributed by atoms with Gasteiger partial charge in [0.05, 0.1) is 30.8 Å². The van der Waals surface area contributed by atoms with Crippen molar-refractivity contribution >= 4 is 34.4 Å². The molecule has 0 spiro atoms. The summed E-state index contributed by atoms with van der Waals surface area (Å²) in [7, 11) is 1.28. The fourth-order valence-electron chi connectivity index (χ4n) is 4.56. The highest BCUT2D eigenvalue weighted by Crippen LogP contribution is 2.33. The molecule has 0 saturated carbocycles. The van der Waals surface area contributed by atoms with Crippen LogP contribution in [0.15, 0.2) is 48.5 Å². The number of ether oxygens (including phenoxy) is 1. The number of benzene rings is 2. The van der Waals surface area contributed by atoms with Crippen molar-refractivity contribution in [2.24, 2.45) is 0 Å². The molecular formula is C23H21N3O4. The van der Waals surface area contributed by atoms with E-state index in [9.17, 15) is 14.4 Å². The number of fused-ring (bicyclic) bond motifs is 3. The molecule has 3 heterocycles. The van der Waals surface area contributed by atoms with Crippen molar-refractivity contribution < 1.29 is 19.1 Å². The van der Waals surface area contributed by atoms with Gasteiger partial charge in [0.1, 0.15) is 0 Å². The predicted molar refractivity (Wildman–Crippen MR) is 111 cm³/mol. The lowest BCUT2D eigenvalue weighted by Crippen LogP contribution is -2.44. The molecule has 2 aliphatic heterocycles. The molecule has 1 fully saturated rings. The van der Waals surface area contributed by atoms with Crippen LogP contribution in [0.5, 0.6) is 0 Å². The minimum absolute atomic E-state index is 0.103. The first-order valence-corrected chi connectivity index (χ1v) is 9.95. The number of rotatable bonds is 3. The number of imide groups is 1. The number of nitrogens with one attached hydrogen (secondary N) is 1. The molecule has 5 rings (SSSR count). The van der Waals surface area contributed by atoms with Gasteiger partial charge in [0.2, 0.25) is 5.91 Å².